The molecule has 0 bridgehead atoms. The summed E-state index contributed by atoms with van der Waals surface area (Å²) in [5.74, 6) is 1.34. The minimum Gasteiger partial charge on any atom is -0.369 e. The number of hydrogen-bond acceptors (Lipinski definition) is 7. The predicted molar refractivity (Wildman–Crippen MR) is 148 cm³/mol. The minimum absolute atomic E-state index is 0.0859. The summed E-state index contributed by atoms with van der Waals surface area (Å²) in [6.45, 7) is 10.4. The Hall–Kier alpha value is -3.98. The van der Waals surface area contributed by atoms with Crippen LogP contribution in [-0.2, 0) is 9.59 Å². The first kappa shape index (κ1) is 26.1. The number of nitrogens with one attached hydrogen (secondary N) is 3. The number of rotatable bonds is 9. The van der Waals surface area contributed by atoms with E-state index in [1.54, 1.807) is 6.07 Å². The first-order valence-corrected chi connectivity index (χ1v) is 12.6. The fourth-order valence-electron chi connectivity index (χ4n) is 4.44. The van der Waals surface area contributed by atoms with Gasteiger partial charge in [0, 0.05) is 63.5 Å². The van der Waals surface area contributed by atoms with Gasteiger partial charge in [-0.1, -0.05) is 48.0 Å². The van der Waals surface area contributed by atoms with Gasteiger partial charge in [-0.05, 0) is 25.5 Å². The maximum absolute atomic E-state index is 12.9. The molecule has 2 heterocycles. The van der Waals surface area contributed by atoms with Gasteiger partial charge in [-0.2, -0.15) is 0 Å². The van der Waals surface area contributed by atoms with E-state index in [-0.39, 0.29) is 11.8 Å². The molecule has 3 N–H and O–H groups in total. The fraction of sp³-hybridized carbons (Fsp3) is 0.357. The van der Waals surface area contributed by atoms with Gasteiger partial charge < -0.3 is 20.9 Å². The number of carbonyl (C=O) groups excluding carboxylic acids is 2. The van der Waals surface area contributed by atoms with E-state index in [0.29, 0.717) is 37.1 Å². The van der Waals surface area contributed by atoms with Gasteiger partial charge in [0.1, 0.15) is 11.6 Å². The first-order chi connectivity index (χ1) is 17.9. The van der Waals surface area contributed by atoms with Crippen molar-refractivity contribution in [3.05, 3.63) is 65.7 Å². The first-order valence-electron chi connectivity index (χ1n) is 12.6. The molecule has 1 fully saturated rings. The Kier molecular flexibility index (Phi) is 8.68. The van der Waals surface area contributed by atoms with Crippen molar-refractivity contribution in [1.29, 1.82) is 0 Å². The lowest BCUT2D eigenvalue weighted by Gasteiger charge is -2.36. The number of piperazine rings is 1. The van der Waals surface area contributed by atoms with Crippen LogP contribution in [-0.4, -0.2) is 72.5 Å². The lowest BCUT2D eigenvalue weighted by molar-refractivity contribution is -0.119. The van der Waals surface area contributed by atoms with Crippen molar-refractivity contribution < 1.29 is 9.59 Å². The van der Waals surface area contributed by atoms with Gasteiger partial charge in [-0.15, -0.1) is 0 Å². The molecule has 3 aromatic rings. The summed E-state index contributed by atoms with van der Waals surface area (Å²) in [5.41, 5.74) is 4.67. The number of nitrogens with zero attached hydrogens (tertiary/aromatic N) is 4. The molecule has 0 spiro atoms. The van der Waals surface area contributed by atoms with Gasteiger partial charge >= 0.3 is 0 Å². The highest BCUT2D eigenvalue weighted by atomic mass is 16.2. The topological polar surface area (TPSA) is 102 Å². The molecule has 0 radical (unpaired) electrons. The van der Waals surface area contributed by atoms with Gasteiger partial charge in [-0.3, -0.25) is 14.5 Å². The van der Waals surface area contributed by atoms with Crippen LogP contribution in [0.1, 0.15) is 18.1 Å². The second-order valence-electron chi connectivity index (χ2n) is 9.34. The Labute approximate surface area is 218 Å². The van der Waals surface area contributed by atoms with Crippen LogP contribution in [0.4, 0.5) is 17.3 Å². The number of amides is 2. The van der Waals surface area contributed by atoms with Gasteiger partial charge in [0.05, 0.1) is 6.54 Å². The van der Waals surface area contributed by atoms with Crippen LogP contribution in [0.15, 0.2) is 54.6 Å². The Morgan fingerprint density at radius 2 is 1.62 bits per heavy atom. The van der Waals surface area contributed by atoms with Crippen molar-refractivity contribution in [1.82, 2.24) is 20.2 Å². The Bertz CT molecular complexity index is 1220. The zero-order valence-electron chi connectivity index (χ0n) is 21.8. The lowest BCUT2D eigenvalue weighted by atomic mass is 10.1. The summed E-state index contributed by atoms with van der Waals surface area (Å²) < 4.78 is 0. The van der Waals surface area contributed by atoms with Crippen LogP contribution < -0.4 is 20.9 Å². The molecular formula is C28H35N7O2. The van der Waals surface area contributed by atoms with E-state index in [9.17, 15) is 9.59 Å². The third-order valence-electron chi connectivity index (χ3n) is 6.26. The highest BCUT2D eigenvalue weighted by Gasteiger charge is 2.21. The summed E-state index contributed by atoms with van der Waals surface area (Å²) in [4.78, 5) is 37.8. The third kappa shape index (κ3) is 7.50. The molecule has 0 unspecified atom stereocenters. The Morgan fingerprint density at radius 3 is 2.32 bits per heavy atom. The van der Waals surface area contributed by atoms with E-state index in [1.165, 1.54) is 23.7 Å². The summed E-state index contributed by atoms with van der Waals surface area (Å²) >= 11 is 0. The molecule has 0 aliphatic carbocycles. The van der Waals surface area contributed by atoms with Crippen molar-refractivity contribution in [2.75, 3.05) is 61.3 Å². The molecule has 2 amide bonds. The molecule has 0 atom stereocenters. The van der Waals surface area contributed by atoms with Crippen LogP contribution >= 0.6 is 0 Å². The zero-order valence-corrected chi connectivity index (χ0v) is 21.8. The van der Waals surface area contributed by atoms with Crippen molar-refractivity contribution in [2.45, 2.75) is 20.8 Å². The fourth-order valence-corrected chi connectivity index (χ4v) is 4.44. The number of benzene rings is 2. The van der Waals surface area contributed by atoms with Crippen LogP contribution in [0, 0.1) is 13.8 Å². The molecule has 1 saturated heterocycles. The quantitative estimate of drug-likeness (QED) is 0.387. The molecule has 0 saturated carbocycles. The summed E-state index contributed by atoms with van der Waals surface area (Å²) in [5, 5.41) is 8.90. The van der Waals surface area contributed by atoms with Crippen molar-refractivity contribution in [3.63, 3.8) is 0 Å². The van der Waals surface area contributed by atoms with Crippen LogP contribution in [0.3, 0.4) is 0 Å². The smallest absolute Gasteiger partial charge is 0.239 e. The largest absolute Gasteiger partial charge is 0.369 e. The Morgan fingerprint density at radius 1 is 0.892 bits per heavy atom. The maximum atomic E-state index is 12.9. The molecule has 37 heavy (non-hydrogen) atoms. The number of aryl methyl sites for hydroxylation is 2. The molecular weight excluding hydrogens is 466 g/mol. The van der Waals surface area contributed by atoms with E-state index < -0.39 is 0 Å². The van der Waals surface area contributed by atoms with Gasteiger partial charge in [0.2, 0.25) is 11.8 Å². The third-order valence-corrected chi connectivity index (χ3v) is 6.26. The van der Waals surface area contributed by atoms with Crippen LogP contribution in [0.25, 0.3) is 11.4 Å². The number of hydrogen-bond donors (Lipinski definition) is 3. The summed E-state index contributed by atoms with van der Waals surface area (Å²) in [7, 11) is 0. The molecule has 2 aromatic carbocycles. The average Bonchev–Trinajstić information content (AvgIpc) is 2.87. The number of aromatic nitrogens is 2. The standard InChI is InChI=1S/C28H35N7O2/c1-20-9-10-24(21(2)17-20)35-15-13-34(14-16-35)19-27(37)31-26-18-25(30-12-11-29-22(3)36)32-28(33-26)23-7-5-4-6-8-23/h4-10,17-18H,11-16,19H2,1-3H3,(H,29,36)(H2,30,31,32,33,37). The monoisotopic (exact) mass is 501 g/mol. The molecule has 4 rings (SSSR count). The van der Waals surface area contributed by atoms with Gasteiger partial charge in [-0.25, -0.2) is 9.97 Å². The van der Waals surface area contributed by atoms with Crippen molar-refractivity contribution >= 4 is 29.1 Å². The molecule has 1 aliphatic heterocycles. The predicted octanol–water partition coefficient (Wildman–Crippen LogP) is 3.07. The summed E-state index contributed by atoms with van der Waals surface area (Å²) in [6, 6.07) is 17.9. The lowest BCUT2D eigenvalue weighted by Crippen LogP contribution is -2.48. The Balaban J connectivity index is 1.37. The average molecular weight is 502 g/mol. The highest BCUT2D eigenvalue weighted by Crippen LogP contribution is 2.23. The molecule has 1 aliphatic rings. The minimum atomic E-state index is -0.109. The highest BCUT2D eigenvalue weighted by molar-refractivity contribution is 5.92. The van der Waals surface area contributed by atoms with Gasteiger partial charge in [0.25, 0.3) is 0 Å². The molecule has 9 heteroatoms. The number of anilines is 3. The van der Waals surface area contributed by atoms with Crippen molar-refractivity contribution in [3.8, 4) is 11.4 Å². The molecule has 1 aromatic heterocycles. The zero-order chi connectivity index (χ0) is 26.2. The van der Waals surface area contributed by atoms with Crippen LogP contribution in [0.2, 0.25) is 0 Å². The summed E-state index contributed by atoms with van der Waals surface area (Å²) in [6.07, 6.45) is 0. The van der Waals surface area contributed by atoms with E-state index >= 15 is 0 Å². The van der Waals surface area contributed by atoms with E-state index in [4.69, 9.17) is 0 Å². The normalized spacial score (nSPS) is 13.8. The van der Waals surface area contributed by atoms with E-state index in [0.717, 1.165) is 31.7 Å². The molecule has 194 valence electrons. The number of carbonyl (C=O) groups is 2. The van der Waals surface area contributed by atoms with E-state index in [2.05, 4.69) is 67.8 Å². The second kappa shape index (κ2) is 12.3. The van der Waals surface area contributed by atoms with Crippen molar-refractivity contribution in [2.24, 2.45) is 0 Å². The maximum Gasteiger partial charge on any atom is 0.239 e. The van der Waals surface area contributed by atoms with E-state index in [1.807, 2.05) is 30.3 Å². The van der Waals surface area contributed by atoms with Crippen LogP contribution in [0.5, 0.6) is 0 Å². The molecule has 9 nitrogen and oxygen atoms in total. The SMILES string of the molecule is CC(=O)NCCNc1cc(NC(=O)CN2CCN(c3ccc(C)cc3C)CC2)nc(-c2ccccc2)n1. The van der Waals surface area contributed by atoms with Gasteiger partial charge in [0.15, 0.2) is 5.82 Å². The second-order valence-corrected chi connectivity index (χ2v) is 9.34.